The van der Waals surface area contributed by atoms with Crippen molar-refractivity contribution in [2.24, 2.45) is 5.92 Å². The Morgan fingerprint density at radius 1 is 1.14 bits per heavy atom. The molecule has 1 saturated carbocycles. The van der Waals surface area contributed by atoms with E-state index in [0.717, 1.165) is 25.6 Å². The Morgan fingerprint density at radius 2 is 1.93 bits per heavy atom. The molecule has 2 atom stereocenters. The summed E-state index contributed by atoms with van der Waals surface area (Å²) in [6.45, 7) is 2.78. The molecule has 14 heavy (non-hydrogen) atoms. The van der Waals surface area contributed by atoms with Gasteiger partial charge in [-0.15, -0.1) is 0 Å². The lowest BCUT2D eigenvalue weighted by molar-refractivity contribution is 0.158. The molecule has 0 unspecified atom stereocenters. The lowest BCUT2D eigenvalue weighted by atomic mass is 9.89. The van der Waals surface area contributed by atoms with Crippen LogP contribution < -0.4 is 10.6 Å². The van der Waals surface area contributed by atoms with Gasteiger partial charge in [0.2, 0.25) is 0 Å². The van der Waals surface area contributed by atoms with Crippen molar-refractivity contribution in [1.29, 1.82) is 0 Å². The number of hydrogen-bond donors (Lipinski definition) is 3. The number of hydrogen-bond acceptors (Lipinski definition) is 3. The fourth-order valence-corrected chi connectivity index (χ4v) is 2.58. The Labute approximate surface area is 86.3 Å². The smallest absolute Gasteiger partial charge is 0.0829 e. The van der Waals surface area contributed by atoms with Gasteiger partial charge < -0.3 is 15.7 Å². The molecule has 1 heterocycles. The molecule has 0 amide bonds. The highest BCUT2D eigenvalue weighted by Gasteiger charge is 2.25. The predicted molar refractivity (Wildman–Crippen MR) is 57.2 cm³/mol. The van der Waals surface area contributed by atoms with Gasteiger partial charge >= 0.3 is 0 Å². The van der Waals surface area contributed by atoms with Gasteiger partial charge in [0.15, 0.2) is 0 Å². The molecule has 3 nitrogen and oxygen atoms in total. The van der Waals surface area contributed by atoms with Crippen molar-refractivity contribution in [2.45, 2.75) is 44.2 Å². The first-order valence-corrected chi connectivity index (χ1v) is 5.98. The van der Waals surface area contributed by atoms with Gasteiger partial charge in [0.1, 0.15) is 0 Å². The summed E-state index contributed by atoms with van der Waals surface area (Å²) in [6.07, 6.45) is 6.80. The number of rotatable bonds is 3. The third-order valence-electron chi connectivity index (χ3n) is 3.58. The normalized spacial score (nSPS) is 34.9. The van der Waals surface area contributed by atoms with Gasteiger partial charge in [-0.25, -0.2) is 0 Å². The molecule has 82 valence electrons. The second-order valence-electron chi connectivity index (χ2n) is 4.74. The standard InChI is InChI=1S/C11H22N2O/c14-11-8-12-7-10(11)13-6-9-4-2-1-3-5-9/h9-14H,1-8H2/t10-,11-/m1/s1. The zero-order valence-electron chi connectivity index (χ0n) is 8.84. The number of aliphatic hydroxyl groups excluding tert-OH is 1. The quantitative estimate of drug-likeness (QED) is 0.618. The van der Waals surface area contributed by atoms with Gasteiger partial charge in [0, 0.05) is 19.1 Å². The minimum absolute atomic E-state index is 0.182. The molecule has 0 aromatic heterocycles. The monoisotopic (exact) mass is 198 g/mol. The van der Waals surface area contributed by atoms with Crippen LogP contribution in [0.25, 0.3) is 0 Å². The second-order valence-corrected chi connectivity index (χ2v) is 4.74. The van der Waals surface area contributed by atoms with E-state index in [-0.39, 0.29) is 12.1 Å². The summed E-state index contributed by atoms with van der Waals surface area (Å²) in [7, 11) is 0. The van der Waals surface area contributed by atoms with Gasteiger partial charge in [0.05, 0.1) is 6.10 Å². The maximum atomic E-state index is 9.59. The van der Waals surface area contributed by atoms with E-state index in [1.165, 1.54) is 32.1 Å². The third kappa shape index (κ3) is 2.69. The summed E-state index contributed by atoms with van der Waals surface area (Å²) in [5.74, 6) is 0.858. The highest BCUT2D eigenvalue weighted by Crippen LogP contribution is 2.22. The Bertz CT molecular complexity index is 169. The SMILES string of the molecule is O[C@@H]1CNC[C@H]1NCC1CCCCC1. The Morgan fingerprint density at radius 3 is 2.57 bits per heavy atom. The molecule has 1 aliphatic carbocycles. The van der Waals surface area contributed by atoms with Crippen molar-refractivity contribution in [3.8, 4) is 0 Å². The molecule has 2 fully saturated rings. The average Bonchev–Trinajstić information content (AvgIpc) is 2.63. The highest BCUT2D eigenvalue weighted by molar-refractivity contribution is 4.87. The second kappa shape index (κ2) is 5.10. The van der Waals surface area contributed by atoms with Crippen LogP contribution in [0.1, 0.15) is 32.1 Å². The zero-order chi connectivity index (χ0) is 9.80. The molecule has 2 aliphatic rings. The van der Waals surface area contributed by atoms with Crippen LogP contribution in [0, 0.1) is 5.92 Å². The molecular formula is C11H22N2O. The molecule has 0 radical (unpaired) electrons. The van der Waals surface area contributed by atoms with Crippen molar-refractivity contribution in [2.75, 3.05) is 19.6 Å². The first kappa shape index (κ1) is 10.4. The maximum absolute atomic E-state index is 9.59. The van der Waals surface area contributed by atoms with E-state index in [4.69, 9.17) is 0 Å². The summed E-state index contributed by atoms with van der Waals surface area (Å²) in [5, 5.41) is 16.3. The Kier molecular flexibility index (Phi) is 3.79. The van der Waals surface area contributed by atoms with Crippen LogP contribution in [-0.2, 0) is 0 Å². The van der Waals surface area contributed by atoms with Crippen LogP contribution in [0.3, 0.4) is 0 Å². The summed E-state index contributed by atoms with van der Waals surface area (Å²) >= 11 is 0. The zero-order valence-corrected chi connectivity index (χ0v) is 8.84. The van der Waals surface area contributed by atoms with Crippen molar-refractivity contribution in [3.63, 3.8) is 0 Å². The fourth-order valence-electron chi connectivity index (χ4n) is 2.58. The van der Waals surface area contributed by atoms with E-state index in [2.05, 4.69) is 10.6 Å². The van der Waals surface area contributed by atoms with Gasteiger partial charge in [-0.2, -0.15) is 0 Å². The molecule has 0 aromatic rings. The lowest BCUT2D eigenvalue weighted by Gasteiger charge is -2.24. The van der Waals surface area contributed by atoms with Crippen LogP contribution >= 0.6 is 0 Å². The summed E-state index contributed by atoms with van der Waals surface area (Å²) in [6, 6.07) is 0.289. The van der Waals surface area contributed by atoms with Crippen molar-refractivity contribution >= 4 is 0 Å². The topological polar surface area (TPSA) is 44.3 Å². The number of aliphatic hydroxyl groups is 1. The van der Waals surface area contributed by atoms with Crippen LogP contribution in [-0.4, -0.2) is 36.9 Å². The van der Waals surface area contributed by atoms with Gasteiger partial charge in [0.25, 0.3) is 0 Å². The maximum Gasteiger partial charge on any atom is 0.0829 e. The molecule has 0 bridgehead atoms. The van der Waals surface area contributed by atoms with Gasteiger partial charge in [-0.05, 0) is 25.3 Å². The molecule has 0 spiro atoms. The molecule has 0 aromatic carbocycles. The third-order valence-corrected chi connectivity index (χ3v) is 3.58. The van der Waals surface area contributed by atoms with Crippen molar-refractivity contribution in [1.82, 2.24) is 10.6 Å². The summed E-state index contributed by atoms with van der Waals surface area (Å²) in [4.78, 5) is 0. The number of β-amino-alcohol motifs (C(OH)–C–C–N with tert-alkyl or cyclic N) is 1. The Hall–Kier alpha value is -0.120. The Balaban J connectivity index is 1.65. The van der Waals surface area contributed by atoms with Gasteiger partial charge in [-0.3, -0.25) is 0 Å². The van der Waals surface area contributed by atoms with E-state index in [9.17, 15) is 5.11 Å². The van der Waals surface area contributed by atoms with Crippen LogP contribution in [0.5, 0.6) is 0 Å². The molecule has 3 N–H and O–H groups in total. The minimum atomic E-state index is -0.182. The first-order valence-electron chi connectivity index (χ1n) is 5.98. The van der Waals surface area contributed by atoms with E-state index >= 15 is 0 Å². The predicted octanol–water partition coefficient (Wildman–Crippen LogP) is 0.489. The van der Waals surface area contributed by atoms with E-state index in [1.54, 1.807) is 0 Å². The summed E-state index contributed by atoms with van der Waals surface area (Å²) in [5.41, 5.74) is 0. The molecule has 2 rings (SSSR count). The summed E-state index contributed by atoms with van der Waals surface area (Å²) < 4.78 is 0. The molecular weight excluding hydrogens is 176 g/mol. The van der Waals surface area contributed by atoms with Gasteiger partial charge in [-0.1, -0.05) is 19.3 Å². The van der Waals surface area contributed by atoms with Crippen LogP contribution in [0.4, 0.5) is 0 Å². The van der Waals surface area contributed by atoms with Crippen molar-refractivity contribution in [3.05, 3.63) is 0 Å². The van der Waals surface area contributed by atoms with Crippen molar-refractivity contribution < 1.29 is 5.11 Å². The molecule has 3 heteroatoms. The largest absolute Gasteiger partial charge is 0.390 e. The molecule has 1 saturated heterocycles. The van der Waals surface area contributed by atoms with E-state index < -0.39 is 0 Å². The van der Waals surface area contributed by atoms with Crippen LogP contribution in [0.2, 0.25) is 0 Å². The minimum Gasteiger partial charge on any atom is -0.390 e. The fraction of sp³-hybridized carbons (Fsp3) is 1.00. The average molecular weight is 198 g/mol. The van der Waals surface area contributed by atoms with E-state index in [1.807, 2.05) is 0 Å². The first-order chi connectivity index (χ1) is 6.86. The highest BCUT2D eigenvalue weighted by atomic mass is 16.3. The molecule has 1 aliphatic heterocycles. The number of nitrogens with one attached hydrogen (secondary N) is 2. The van der Waals surface area contributed by atoms with Crippen LogP contribution in [0.15, 0.2) is 0 Å². The lowest BCUT2D eigenvalue weighted by Crippen LogP contribution is -2.41. The van der Waals surface area contributed by atoms with E-state index in [0.29, 0.717) is 0 Å².